The Hall–Kier alpha value is -3.64. The van der Waals surface area contributed by atoms with Gasteiger partial charge in [-0.25, -0.2) is 0 Å². The molecular weight excluding hydrogens is 428 g/mol. The van der Waals surface area contributed by atoms with E-state index in [0.29, 0.717) is 29.8 Å². The largest absolute Gasteiger partial charge is 0.454 e. The number of piperazine rings is 1. The van der Waals surface area contributed by atoms with Crippen LogP contribution in [0.1, 0.15) is 43.0 Å². The Balaban J connectivity index is 1.27. The van der Waals surface area contributed by atoms with Gasteiger partial charge in [-0.05, 0) is 49.2 Å². The molecule has 0 aliphatic carbocycles. The van der Waals surface area contributed by atoms with Crippen molar-refractivity contribution in [3.8, 4) is 11.5 Å². The second-order valence-corrected chi connectivity index (χ2v) is 8.95. The summed E-state index contributed by atoms with van der Waals surface area (Å²) in [5, 5.41) is 0. The first kappa shape index (κ1) is 22.2. The van der Waals surface area contributed by atoms with Crippen LogP contribution in [0.3, 0.4) is 0 Å². The van der Waals surface area contributed by atoms with E-state index >= 15 is 0 Å². The normalized spacial score (nSPS) is 15.4. The second kappa shape index (κ2) is 9.31. The lowest BCUT2D eigenvalue weighted by Crippen LogP contribution is -2.48. The Bertz CT molecular complexity index is 1240. The lowest BCUT2D eigenvalue weighted by molar-refractivity contribution is 0.0625. The van der Waals surface area contributed by atoms with Gasteiger partial charge in [-0.2, -0.15) is 0 Å². The molecule has 6 nitrogen and oxygen atoms in total. The predicted molar refractivity (Wildman–Crippen MR) is 130 cm³/mol. The summed E-state index contributed by atoms with van der Waals surface area (Å²) in [5.41, 5.74) is 4.68. The highest BCUT2D eigenvalue weighted by molar-refractivity contribution is 6.16. The van der Waals surface area contributed by atoms with E-state index < -0.39 is 0 Å². The number of aryl methyl sites for hydroxylation is 2. The third-order valence-corrected chi connectivity index (χ3v) is 6.54. The number of ether oxygens (including phenoxy) is 2. The van der Waals surface area contributed by atoms with Crippen molar-refractivity contribution < 1.29 is 19.1 Å². The quantitative estimate of drug-likeness (QED) is 0.538. The van der Waals surface area contributed by atoms with Crippen LogP contribution in [0.5, 0.6) is 11.5 Å². The molecule has 1 saturated heterocycles. The number of hydrogen-bond acceptors (Lipinski definition) is 5. The number of carbonyl (C=O) groups is 2. The van der Waals surface area contributed by atoms with E-state index in [2.05, 4.69) is 11.0 Å². The first-order valence-electron chi connectivity index (χ1n) is 11.6. The number of hydrogen-bond donors (Lipinski definition) is 0. The average Bonchev–Trinajstić information content (AvgIpc) is 3.33. The summed E-state index contributed by atoms with van der Waals surface area (Å²) in [6.07, 6.45) is 0. The number of rotatable bonds is 5. The highest BCUT2D eigenvalue weighted by Gasteiger charge is 2.26. The SMILES string of the molecule is Cc1ccc(C)c(C(=O)c2ccccc2C(=O)N2CCN(Cc3ccc4c(c3)OCO4)CC2)c1. The van der Waals surface area contributed by atoms with Crippen molar-refractivity contribution in [2.75, 3.05) is 33.0 Å². The van der Waals surface area contributed by atoms with E-state index in [0.717, 1.165) is 47.8 Å². The molecule has 6 heteroatoms. The van der Waals surface area contributed by atoms with Gasteiger partial charge in [0.05, 0.1) is 5.56 Å². The highest BCUT2D eigenvalue weighted by atomic mass is 16.7. The van der Waals surface area contributed by atoms with Crippen molar-refractivity contribution in [1.82, 2.24) is 9.80 Å². The van der Waals surface area contributed by atoms with E-state index in [4.69, 9.17) is 9.47 Å². The number of ketones is 1. The average molecular weight is 457 g/mol. The van der Waals surface area contributed by atoms with E-state index in [1.54, 1.807) is 12.1 Å². The minimum atomic E-state index is -0.105. The van der Waals surface area contributed by atoms with Crippen molar-refractivity contribution in [3.63, 3.8) is 0 Å². The standard InChI is InChI=1S/C28H28N2O4/c1-19-7-8-20(2)24(15-19)27(31)22-5-3-4-6-23(22)28(32)30-13-11-29(12-14-30)17-21-9-10-25-26(16-21)34-18-33-25/h3-10,15-16H,11-14,17-18H2,1-2H3. The Morgan fingerprint density at radius 2 is 1.53 bits per heavy atom. The fraction of sp³-hybridized carbons (Fsp3) is 0.286. The molecule has 0 bridgehead atoms. The maximum absolute atomic E-state index is 13.4. The Labute approximate surface area is 199 Å². The molecule has 1 amide bonds. The molecule has 0 N–H and O–H groups in total. The van der Waals surface area contributed by atoms with Gasteiger partial charge in [0.15, 0.2) is 17.3 Å². The van der Waals surface area contributed by atoms with Crippen molar-refractivity contribution in [2.45, 2.75) is 20.4 Å². The number of carbonyl (C=O) groups excluding carboxylic acids is 2. The molecule has 0 atom stereocenters. The molecule has 0 radical (unpaired) electrons. The molecule has 0 aromatic heterocycles. The van der Waals surface area contributed by atoms with E-state index in [9.17, 15) is 9.59 Å². The third kappa shape index (κ3) is 4.41. The lowest BCUT2D eigenvalue weighted by Gasteiger charge is -2.35. The molecule has 1 fully saturated rings. The zero-order valence-electron chi connectivity index (χ0n) is 19.5. The fourth-order valence-corrected chi connectivity index (χ4v) is 4.57. The van der Waals surface area contributed by atoms with Gasteiger partial charge in [0.2, 0.25) is 6.79 Å². The zero-order valence-corrected chi connectivity index (χ0v) is 19.5. The molecule has 0 saturated carbocycles. The molecule has 3 aromatic rings. The van der Waals surface area contributed by atoms with Crippen LogP contribution < -0.4 is 9.47 Å². The Kier molecular flexibility index (Phi) is 6.07. The summed E-state index contributed by atoms with van der Waals surface area (Å²) in [6.45, 7) is 7.74. The number of nitrogens with zero attached hydrogens (tertiary/aromatic N) is 2. The van der Waals surface area contributed by atoms with Gasteiger partial charge in [0.1, 0.15) is 0 Å². The molecule has 0 spiro atoms. The summed E-state index contributed by atoms with van der Waals surface area (Å²) in [6, 6.07) is 19.0. The van der Waals surface area contributed by atoms with Crippen molar-refractivity contribution in [3.05, 3.63) is 94.0 Å². The van der Waals surface area contributed by atoms with Crippen LogP contribution in [0.25, 0.3) is 0 Å². The van der Waals surface area contributed by atoms with Crippen molar-refractivity contribution in [1.29, 1.82) is 0 Å². The maximum atomic E-state index is 13.4. The maximum Gasteiger partial charge on any atom is 0.254 e. The van der Waals surface area contributed by atoms with Gasteiger partial charge >= 0.3 is 0 Å². The Morgan fingerprint density at radius 1 is 0.794 bits per heavy atom. The zero-order chi connectivity index (χ0) is 23.7. The van der Waals surface area contributed by atoms with Gasteiger partial charge in [-0.3, -0.25) is 14.5 Å². The van der Waals surface area contributed by atoms with Crippen molar-refractivity contribution in [2.24, 2.45) is 0 Å². The Morgan fingerprint density at radius 3 is 2.32 bits per heavy atom. The van der Waals surface area contributed by atoms with E-state index in [1.807, 2.05) is 61.2 Å². The topological polar surface area (TPSA) is 59.1 Å². The first-order valence-corrected chi connectivity index (χ1v) is 11.6. The van der Waals surface area contributed by atoms with Crippen LogP contribution in [0.2, 0.25) is 0 Å². The minimum Gasteiger partial charge on any atom is -0.454 e. The van der Waals surface area contributed by atoms with Crippen LogP contribution in [0.4, 0.5) is 0 Å². The molecule has 0 unspecified atom stereocenters. The molecule has 2 heterocycles. The summed E-state index contributed by atoms with van der Waals surface area (Å²) < 4.78 is 10.9. The van der Waals surface area contributed by atoms with Crippen molar-refractivity contribution >= 4 is 11.7 Å². The van der Waals surface area contributed by atoms with Gasteiger partial charge in [0, 0.05) is 43.9 Å². The molecule has 34 heavy (non-hydrogen) atoms. The lowest BCUT2D eigenvalue weighted by atomic mass is 9.94. The number of amides is 1. The smallest absolute Gasteiger partial charge is 0.254 e. The van der Waals surface area contributed by atoms with Crippen LogP contribution in [-0.4, -0.2) is 54.5 Å². The van der Waals surface area contributed by atoms with Gasteiger partial charge in [-0.15, -0.1) is 0 Å². The number of fused-ring (bicyclic) bond motifs is 1. The van der Waals surface area contributed by atoms with Gasteiger partial charge in [-0.1, -0.05) is 42.0 Å². The first-order chi connectivity index (χ1) is 16.5. The molecular formula is C28H28N2O4. The van der Waals surface area contributed by atoms with Crippen LogP contribution in [-0.2, 0) is 6.54 Å². The predicted octanol–water partition coefficient (Wildman–Crippen LogP) is 4.22. The highest BCUT2D eigenvalue weighted by Crippen LogP contribution is 2.33. The van der Waals surface area contributed by atoms with E-state index in [-0.39, 0.29) is 18.5 Å². The monoisotopic (exact) mass is 456 g/mol. The van der Waals surface area contributed by atoms with E-state index in [1.165, 1.54) is 0 Å². The molecule has 5 rings (SSSR count). The second-order valence-electron chi connectivity index (χ2n) is 8.95. The molecule has 174 valence electrons. The van der Waals surface area contributed by atoms with Gasteiger partial charge in [0.25, 0.3) is 5.91 Å². The fourth-order valence-electron chi connectivity index (χ4n) is 4.57. The molecule has 2 aliphatic rings. The van der Waals surface area contributed by atoms with Crippen LogP contribution in [0.15, 0.2) is 60.7 Å². The third-order valence-electron chi connectivity index (χ3n) is 6.54. The minimum absolute atomic E-state index is 0.0861. The van der Waals surface area contributed by atoms with Gasteiger partial charge < -0.3 is 14.4 Å². The summed E-state index contributed by atoms with van der Waals surface area (Å²) in [4.78, 5) is 31.0. The summed E-state index contributed by atoms with van der Waals surface area (Å²) in [7, 11) is 0. The van der Waals surface area contributed by atoms with Crippen LogP contribution in [0, 0.1) is 13.8 Å². The summed E-state index contributed by atoms with van der Waals surface area (Å²) >= 11 is 0. The molecule has 3 aromatic carbocycles. The number of benzene rings is 3. The molecule has 2 aliphatic heterocycles. The summed E-state index contributed by atoms with van der Waals surface area (Å²) in [5.74, 6) is 1.38. The van der Waals surface area contributed by atoms with Crippen LogP contribution >= 0.6 is 0 Å².